The van der Waals surface area contributed by atoms with E-state index in [1.54, 1.807) is 24.1 Å². The largest absolute Gasteiger partial charge is 0.396 e. The molecule has 1 aliphatic rings. The number of piperidine rings is 1. The van der Waals surface area contributed by atoms with Crippen LogP contribution in [-0.4, -0.2) is 56.6 Å². The first-order chi connectivity index (χ1) is 10.3. The van der Waals surface area contributed by atoms with Gasteiger partial charge < -0.3 is 15.3 Å². The van der Waals surface area contributed by atoms with Gasteiger partial charge in [0.25, 0.3) is 5.95 Å². The van der Waals surface area contributed by atoms with E-state index in [2.05, 4.69) is 30.3 Å². The number of hydrogen-bond donors (Lipinski definition) is 2. The number of aliphatic hydroxyl groups excluding tert-OH is 1. The Kier molecular flexibility index (Phi) is 3.96. The van der Waals surface area contributed by atoms with E-state index in [9.17, 15) is 5.11 Å². The molecule has 21 heavy (non-hydrogen) atoms. The molecule has 2 aromatic heterocycles. The normalized spacial score (nSPS) is 18.8. The Morgan fingerprint density at radius 1 is 1.33 bits per heavy atom. The van der Waals surface area contributed by atoms with Crippen LogP contribution in [0.15, 0.2) is 18.5 Å². The zero-order valence-corrected chi connectivity index (χ0v) is 12.0. The lowest BCUT2D eigenvalue weighted by atomic mass is 9.99. The van der Waals surface area contributed by atoms with Crippen molar-refractivity contribution < 1.29 is 5.11 Å². The van der Waals surface area contributed by atoms with Gasteiger partial charge in [-0.1, -0.05) is 0 Å². The van der Waals surface area contributed by atoms with Gasteiger partial charge in [-0.3, -0.25) is 0 Å². The van der Waals surface area contributed by atoms with E-state index in [1.165, 1.54) is 0 Å². The van der Waals surface area contributed by atoms with Crippen LogP contribution in [0.2, 0.25) is 0 Å². The third-order valence-electron chi connectivity index (χ3n) is 3.60. The summed E-state index contributed by atoms with van der Waals surface area (Å²) in [5, 5.41) is 16.5. The molecule has 1 atom stereocenters. The van der Waals surface area contributed by atoms with Gasteiger partial charge in [-0.2, -0.15) is 20.1 Å². The second-order valence-electron chi connectivity index (χ2n) is 5.10. The van der Waals surface area contributed by atoms with Gasteiger partial charge in [-0.15, -0.1) is 0 Å². The number of aromatic nitrogens is 5. The third kappa shape index (κ3) is 2.94. The highest BCUT2D eigenvalue weighted by molar-refractivity contribution is 5.40. The molecule has 0 aliphatic carbocycles. The first-order valence-electron chi connectivity index (χ1n) is 7.10. The molecule has 0 saturated carbocycles. The molecule has 2 aromatic rings. The molecule has 0 aromatic carbocycles. The summed E-state index contributed by atoms with van der Waals surface area (Å²) < 4.78 is 1.61. The van der Waals surface area contributed by atoms with Gasteiger partial charge in [0.15, 0.2) is 0 Å². The first kappa shape index (κ1) is 13.7. The van der Waals surface area contributed by atoms with Gasteiger partial charge in [-0.05, 0) is 24.8 Å². The Hall–Kier alpha value is -2.22. The lowest BCUT2D eigenvalue weighted by Crippen LogP contribution is -2.38. The lowest BCUT2D eigenvalue weighted by Gasteiger charge is -2.31. The second-order valence-corrected chi connectivity index (χ2v) is 5.10. The molecular formula is C13H19N7O. The zero-order chi connectivity index (χ0) is 14.7. The topological polar surface area (TPSA) is 92.0 Å². The summed E-state index contributed by atoms with van der Waals surface area (Å²) >= 11 is 0. The fraction of sp³-hybridized carbons (Fsp3) is 0.538. The van der Waals surface area contributed by atoms with Crippen LogP contribution in [0.4, 0.5) is 11.9 Å². The summed E-state index contributed by atoms with van der Waals surface area (Å²) in [6, 6.07) is 1.82. The number of anilines is 2. The molecule has 0 amide bonds. The van der Waals surface area contributed by atoms with Gasteiger partial charge in [0.2, 0.25) is 11.9 Å². The molecule has 8 heteroatoms. The molecule has 3 rings (SSSR count). The van der Waals surface area contributed by atoms with Crippen molar-refractivity contribution in [2.75, 3.05) is 37.0 Å². The minimum absolute atomic E-state index is 0.201. The average Bonchev–Trinajstić information content (AvgIpc) is 3.09. The molecule has 1 unspecified atom stereocenters. The van der Waals surface area contributed by atoms with Crippen LogP contribution in [0.5, 0.6) is 0 Å². The van der Waals surface area contributed by atoms with E-state index < -0.39 is 0 Å². The number of hydrogen-bond acceptors (Lipinski definition) is 7. The van der Waals surface area contributed by atoms with Crippen LogP contribution >= 0.6 is 0 Å². The molecule has 1 aliphatic heterocycles. The monoisotopic (exact) mass is 289 g/mol. The van der Waals surface area contributed by atoms with E-state index in [4.69, 9.17) is 0 Å². The maximum Gasteiger partial charge on any atom is 0.257 e. The molecule has 0 spiro atoms. The Bertz CT molecular complexity index is 586. The van der Waals surface area contributed by atoms with Crippen LogP contribution in [-0.2, 0) is 0 Å². The van der Waals surface area contributed by atoms with Crippen LogP contribution in [0.1, 0.15) is 12.8 Å². The summed E-state index contributed by atoms with van der Waals surface area (Å²) in [5.74, 6) is 1.90. The number of nitrogens with zero attached hydrogens (tertiary/aromatic N) is 6. The summed E-state index contributed by atoms with van der Waals surface area (Å²) in [6.07, 6.45) is 5.56. The van der Waals surface area contributed by atoms with Crippen LogP contribution in [0, 0.1) is 5.92 Å². The molecule has 0 radical (unpaired) electrons. The Morgan fingerprint density at radius 2 is 2.19 bits per heavy atom. The maximum absolute atomic E-state index is 9.35. The number of rotatable bonds is 4. The van der Waals surface area contributed by atoms with Crippen molar-refractivity contribution in [3.05, 3.63) is 18.5 Å². The lowest BCUT2D eigenvalue weighted by molar-refractivity contribution is 0.208. The maximum atomic E-state index is 9.35. The molecule has 3 heterocycles. The SMILES string of the molecule is CNc1nc(N2CCCC(CO)C2)nc(-n2cccn2)n1. The van der Waals surface area contributed by atoms with Gasteiger partial charge in [-0.25, -0.2) is 4.68 Å². The molecular weight excluding hydrogens is 270 g/mol. The Morgan fingerprint density at radius 3 is 2.90 bits per heavy atom. The van der Waals surface area contributed by atoms with Gasteiger partial charge >= 0.3 is 0 Å². The van der Waals surface area contributed by atoms with E-state index in [1.807, 2.05) is 6.07 Å². The second kappa shape index (κ2) is 6.04. The van der Waals surface area contributed by atoms with Gasteiger partial charge in [0.05, 0.1) is 0 Å². The predicted octanol–water partition coefficient (Wildman–Crippen LogP) is 0.308. The summed E-state index contributed by atoms with van der Waals surface area (Å²) in [4.78, 5) is 15.3. The van der Waals surface area contributed by atoms with E-state index in [-0.39, 0.29) is 12.5 Å². The highest BCUT2D eigenvalue weighted by Gasteiger charge is 2.22. The van der Waals surface area contributed by atoms with Crippen molar-refractivity contribution in [1.29, 1.82) is 0 Å². The minimum Gasteiger partial charge on any atom is -0.396 e. The van der Waals surface area contributed by atoms with Crippen LogP contribution < -0.4 is 10.2 Å². The van der Waals surface area contributed by atoms with E-state index in [0.29, 0.717) is 17.8 Å². The summed E-state index contributed by atoms with van der Waals surface area (Å²) in [6.45, 7) is 1.86. The highest BCUT2D eigenvalue weighted by atomic mass is 16.3. The quantitative estimate of drug-likeness (QED) is 0.836. The van der Waals surface area contributed by atoms with Crippen molar-refractivity contribution >= 4 is 11.9 Å². The van der Waals surface area contributed by atoms with Gasteiger partial charge in [0.1, 0.15) is 0 Å². The van der Waals surface area contributed by atoms with Crippen LogP contribution in [0.3, 0.4) is 0 Å². The molecule has 112 valence electrons. The van der Waals surface area contributed by atoms with Crippen molar-refractivity contribution in [3.63, 3.8) is 0 Å². The Labute approximate surface area is 122 Å². The molecule has 1 fully saturated rings. The number of aliphatic hydroxyl groups is 1. The summed E-state index contributed by atoms with van der Waals surface area (Å²) in [7, 11) is 1.78. The highest BCUT2D eigenvalue weighted by Crippen LogP contribution is 2.21. The van der Waals surface area contributed by atoms with Crippen LogP contribution in [0.25, 0.3) is 5.95 Å². The van der Waals surface area contributed by atoms with Crippen molar-refractivity contribution in [2.45, 2.75) is 12.8 Å². The fourth-order valence-electron chi connectivity index (χ4n) is 2.49. The standard InChI is InChI=1S/C13H19N7O/c1-14-11-16-12(19-6-2-4-10(8-19)9-21)18-13(17-11)20-7-3-5-15-20/h3,5,7,10,21H,2,4,6,8-9H2,1H3,(H,14,16,17,18). The third-order valence-corrected chi connectivity index (χ3v) is 3.60. The van der Waals surface area contributed by atoms with Crippen molar-refractivity contribution in [1.82, 2.24) is 24.7 Å². The van der Waals surface area contributed by atoms with Crippen molar-refractivity contribution in [2.24, 2.45) is 5.92 Å². The molecule has 0 bridgehead atoms. The zero-order valence-electron chi connectivity index (χ0n) is 12.0. The average molecular weight is 289 g/mol. The summed E-state index contributed by atoms with van der Waals surface area (Å²) in [5.41, 5.74) is 0. The van der Waals surface area contributed by atoms with Gasteiger partial charge in [0, 0.05) is 39.1 Å². The Balaban J connectivity index is 1.92. The molecule has 2 N–H and O–H groups in total. The van der Waals surface area contributed by atoms with E-state index >= 15 is 0 Å². The minimum atomic E-state index is 0.201. The molecule has 8 nitrogen and oxygen atoms in total. The number of nitrogens with one attached hydrogen (secondary N) is 1. The van der Waals surface area contributed by atoms with E-state index in [0.717, 1.165) is 25.9 Å². The predicted molar refractivity (Wildman–Crippen MR) is 78.5 cm³/mol. The smallest absolute Gasteiger partial charge is 0.257 e. The van der Waals surface area contributed by atoms with Crippen molar-refractivity contribution in [3.8, 4) is 5.95 Å². The fourth-order valence-corrected chi connectivity index (χ4v) is 2.49. The molecule has 1 saturated heterocycles. The first-order valence-corrected chi connectivity index (χ1v) is 7.10.